The lowest BCUT2D eigenvalue weighted by molar-refractivity contribution is -0.146. The first-order valence-corrected chi connectivity index (χ1v) is 15.7. The molecule has 1 aromatic heterocycles. The van der Waals surface area contributed by atoms with Gasteiger partial charge < -0.3 is 15.2 Å². The van der Waals surface area contributed by atoms with Crippen molar-refractivity contribution in [2.24, 2.45) is 52.3 Å². The maximum absolute atomic E-state index is 11.1. The second-order valence-electron chi connectivity index (χ2n) is 14.7. The van der Waals surface area contributed by atoms with Gasteiger partial charge in [-0.1, -0.05) is 53.9 Å². The van der Waals surface area contributed by atoms with Crippen LogP contribution in [0.2, 0.25) is 0 Å². The van der Waals surface area contributed by atoms with Crippen LogP contribution in [0.25, 0.3) is 0 Å². The van der Waals surface area contributed by atoms with Crippen LogP contribution >= 0.6 is 0 Å². The number of hydrogen-bond acceptors (Lipinski definition) is 4. The number of fused-ring (bicyclic) bond motifs is 5. The fraction of sp³-hybridized carbons (Fsp3) is 0.906. The van der Waals surface area contributed by atoms with Gasteiger partial charge in [-0.2, -0.15) is 0 Å². The maximum atomic E-state index is 11.1. The van der Waals surface area contributed by atoms with E-state index in [-0.39, 0.29) is 17.6 Å². The molecule has 4 N–H and O–H groups in total. The summed E-state index contributed by atoms with van der Waals surface area (Å²) in [6, 6.07) is 0.264. The Hall–Kier alpha value is -0.910. The second kappa shape index (κ2) is 10.9. The third-order valence-corrected chi connectivity index (χ3v) is 12.3. The highest BCUT2D eigenvalue weighted by Crippen LogP contribution is 2.68. The number of aromatic amines is 1. The first-order chi connectivity index (χ1) is 17.6. The van der Waals surface area contributed by atoms with Crippen molar-refractivity contribution in [1.82, 2.24) is 15.3 Å². The number of imidazole rings is 1. The quantitative estimate of drug-likeness (QED) is 0.291. The Morgan fingerprint density at radius 2 is 1.76 bits per heavy atom. The molecule has 4 fully saturated rings. The Bertz CT molecular complexity index is 873. The Labute approximate surface area is 226 Å². The normalized spacial score (nSPS) is 43.2. The van der Waals surface area contributed by atoms with Gasteiger partial charge in [0.15, 0.2) is 0 Å². The van der Waals surface area contributed by atoms with Gasteiger partial charge in [0, 0.05) is 18.7 Å². The summed E-state index contributed by atoms with van der Waals surface area (Å²) in [5.74, 6) is 5.24. The molecule has 37 heavy (non-hydrogen) atoms. The van der Waals surface area contributed by atoms with Crippen molar-refractivity contribution in [3.63, 3.8) is 0 Å². The van der Waals surface area contributed by atoms with Crippen LogP contribution in [0.3, 0.4) is 0 Å². The van der Waals surface area contributed by atoms with Gasteiger partial charge >= 0.3 is 0 Å². The first-order valence-electron chi connectivity index (χ1n) is 15.7. The molecule has 4 saturated carbocycles. The van der Waals surface area contributed by atoms with Crippen LogP contribution in [0.5, 0.6) is 0 Å². The average Bonchev–Trinajstić information content (AvgIpc) is 3.47. The fourth-order valence-electron chi connectivity index (χ4n) is 10.4. The Morgan fingerprint density at radius 1 is 1.00 bits per heavy atom. The molecule has 5 heteroatoms. The molecule has 0 aromatic carbocycles. The van der Waals surface area contributed by atoms with Crippen molar-refractivity contribution in [2.75, 3.05) is 0 Å². The molecule has 0 radical (unpaired) electrons. The molecule has 3 unspecified atom stereocenters. The third kappa shape index (κ3) is 5.31. The Balaban J connectivity index is 1.34. The van der Waals surface area contributed by atoms with E-state index in [9.17, 15) is 10.2 Å². The zero-order valence-electron chi connectivity index (χ0n) is 24.3. The lowest BCUT2D eigenvalue weighted by Gasteiger charge is -2.63. The van der Waals surface area contributed by atoms with Gasteiger partial charge in [0.05, 0.1) is 18.1 Å². The summed E-state index contributed by atoms with van der Waals surface area (Å²) >= 11 is 0. The van der Waals surface area contributed by atoms with Crippen molar-refractivity contribution < 1.29 is 10.2 Å². The SMILES string of the molecule is CC(C)CCCC(C)[C@H]1CC[C@H]2[C@@H]3C[C@@H](NC(O)Cc4c[nH]cn4)C4C[C@@H](O)CC[C@]4(C)[C@H]3CC[C@]12C. The fourth-order valence-corrected chi connectivity index (χ4v) is 10.4. The average molecular weight is 514 g/mol. The van der Waals surface area contributed by atoms with E-state index < -0.39 is 6.23 Å². The lowest BCUT2D eigenvalue weighted by atomic mass is 9.43. The van der Waals surface area contributed by atoms with E-state index in [1.807, 2.05) is 6.20 Å². The standard InChI is InChI=1S/C32H55N3O2/c1-20(2)7-6-8-21(3)25-9-10-26-24-17-29(35-30(37)15-22-18-33-19-34-22)28-16-23(36)11-13-32(28,5)27(24)12-14-31(25,26)4/h18-21,23-30,35-37H,6-17H2,1-5H3,(H,33,34)/t21?,23-,24-,25+,26-,27-,28?,29+,30?,31+,32+/m0/s1. The third-order valence-electron chi connectivity index (χ3n) is 12.3. The largest absolute Gasteiger partial charge is 0.393 e. The van der Waals surface area contributed by atoms with E-state index in [1.165, 1.54) is 44.9 Å². The second-order valence-corrected chi connectivity index (χ2v) is 14.7. The predicted octanol–water partition coefficient (Wildman–Crippen LogP) is 6.32. The summed E-state index contributed by atoms with van der Waals surface area (Å²) in [5, 5.41) is 25.5. The van der Waals surface area contributed by atoms with E-state index in [0.29, 0.717) is 17.8 Å². The highest BCUT2D eigenvalue weighted by atomic mass is 16.3. The minimum atomic E-state index is -0.597. The summed E-state index contributed by atoms with van der Waals surface area (Å²) in [6.45, 7) is 12.5. The van der Waals surface area contributed by atoms with Gasteiger partial charge in [0.25, 0.3) is 0 Å². The molecule has 5 nitrogen and oxygen atoms in total. The summed E-state index contributed by atoms with van der Waals surface area (Å²) < 4.78 is 0. The van der Waals surface area contributed by atoms with Crippen molar-refractivity contribution >= 4 is 0 Å². The van der Waals surface area contributed by atoms with E-state index in [1.54, 1.807) is 6.33 Å². The van der Waals surface area contributed by atoms with Crippen LogP contribution < -0.4 is 5.32 Å². The molecule has 0 aliphatic heterocycles. The van der Waals surface area contributed by atoms with Crippen molar-refractivity contribution in [1.29, 1.82) is 0 Å². The molecule has 0 spiro atoms. The van der Waals surface area contributed by atoms with E-state index in [2.05, 4.69) is 49.9 Å². The first kappa shape index (κ1) is 27.6. The highest BCUT2D eigenvalue weighted by molar-refractivity contribution is 5.13. The van der Waals surface area contributed by atoms with Crippen LogP contribution in [-0.4, -0.2) is 38.6 Å². The molecule has 0 bridgehead atoms. The monoisotopic (exact) mass is 513 g/mol. The van der Waals surface area contributed by atoms with Gasteiger partial charge in [-0.25, -0.2) is 4.98 Å². The summed E-state index contributed by atoms with van der Waals surface area (Å²) in [7, 11) is 0. The number of rotatable bonds is 9. The smallest absolute Gasteiger partial charge is 0.110 e. The van der Waals surface area contributed by atoms with Crippen LogP contribution in [-0.2, 0) is 6.42 Å². The summed E-state index contributed by atoms with van der Waals surface area (Å²) in [4.78, 5) is 7.35. The van der Waals surface area contributed by atoms with Crippen LogP contribution in [0, 0.1) is 52.3 Å². The highest BCUT2D eigenvalue weighted by Gasteiger charge is 2.62. The number of aromatic nitrogens is 2. The van der Waals surface area contributed by atoms with Crippen LogP contribution in [0.15, 0.2) is 12.5 Å². The number of nitrogens with zero attached hydrogens (tertiary/aromatic N) is 1. The van der Waals surface area contributed by atoms with Gasteiger partial charge in [0.2, 0.25) is 0 Å². The lowest BCUT2D eigenvalue weighted by Crippen LogP contribution is -2.62. The Kier molecular flexibility index (Phi) is 8.17. The van der Waals surface area contributed by atoms with Crippen molar-refractivity contribution in [3.8, 4) is 0 Å². The molecule has 11 atom stereocenters. The number of aliphatic hydroxyl groups is 2. The van der Waals surface area contributed by atoms with E-state index in [4.69, 9.17) is 0 Å². The van der Waals surface area contributed by atoms with Gasteiger partial charge in [-0.15, -0.1) is 0 Å². The molecular weight excluding hydrogens is 458 g/mol. The summed E-state index contributed by atoms with van der Waals surface area (Å²) in [5.41, 5.74) is 1.62. The number of aliphatic hydroxyl groups excluding tert-OH is 2. The van der Waals surface area contributed by atoms with Crippen molar-refractivity contribution in [2.45, 2.75) is 130 Å². The molecule has 210 valence electrons. The molecular formula is C32H55N3O2. The van der Waals surface area contributed by atoms with E-state index in [0.717, 1.165) is 66.9 Å². The molecule has 1 heterocycles. The number of nitrogens with one attached hydrogen (secondary N) is 2. The summed E-state index contributed by atoms with van der Waals surface area (Å²) in [6.07, 6.45) is 17.1. The van der Waals surface area contributed by atoms with Crippen LogP contribution in [0.4, 0.5) is 0 Å². The van der Waals surface area contributed by atoms with Gasteiger partial charge in [-0.3, -0.25) is 5.32 Å². The minimum absolute atomic E-state index is 0.196. The van der Waals surface area contributed by atoms with Crippen molar-refractivity contribution in [3.05, 3.63) is 18.2 Å². The molecule has 5 rings (SSSR count). The Morgan fingerprint density at radius 3 is 2.49 bits per heavy atom. The maximum Gasteiger partial charge on any atom is 0.110 e. The number of H-pyrrole nitrogens is 1. The minimum Gasteiger partial charge on any atom is -0.393 e. The van der Waals surface area contributed by atoms with Crippen LogP contribution in [0.1, 0.15) is 111 Å². The van der Waals surface area contributed by atoms with Gasteiger partial charge in [0.1, 0.15) is 6.23 Å². The molecule has 4 aliphatic carbocycles. The van der Waals surface area contributed by atoms with E-state index >= 15 is 0 Å². The molecule has 0 amide bonds. The molecule has 1 aromatic rings. The molecule has 0 saturated heterocycles. The zero-order chi connectivity index (χ0) is 26.4. The number of hydrogen-bond donors (Lipinski definition) is 4. The topological polar surface area (TPSA) is 81.2 Å². The molecule has 4 aliphatic rings. The van der Waals surface area contributed by atoms with Gasteiger partial charge in [-0.05, 0) is 104 Å². The zero-order valence-corrected chi connectivity index (χ0v) is 24.3. The predicted molar refractivity (Wildman–Crippen MR) is 150 cm³/mol.